The molecule has 29 heavy (non-hydrogen) atoms. The van der Waals surface area contributed by atoms with Gasteiger partial charge in [-0.1, -0.05) is 60.7 Å². The lowest BCUT2D eigenvalue weighted by Crippen LogP contribution is -2.33. The highest BCUT2D eigenvalue weighted by atomic mass is 16.3. The molecule has 0 aliphatic carbocycles. The summed E-state index contributed by atoms with van der Waals surface area (Å²) in [6.45, 7) is 0.347. The van der Waals surface area contributed by atoms with E-state index in [4.69, 9.17) is 5.11 Å². The smallest absolute Gasteiger partial charge is 0.251 e. The maximum absolute atomic E-state index is 12.4. The molecule has 0 radical (unpaired) electrons. The zero-order chi connectivity index (χ0) is 20.5. The molecule has 150 valence electrons. The molecule has 0 spiro atoms. The van der Waals surface area contributed by atoms with E-state index in [0.29, 0.717) is 18.4 Å². The van der Waals surface area contributed by atoms with Crippen LogP contribution in [0.1, 0.15) is 41.2 Å². The van der Waals surface area contributed by atoms with Crippen LogP contribution in [0.4, 0.5) is 0 Å². The summed E-state index contributed by atoms with van der Waals surface area (Å²) in [7, 11) is 0. The van der Waals surface area contributed by atoms with Crippen molar-refractivity contribution in [2.75, 3.05) is 13.2 Å². The van der Waals surface area contributed by atoms with E-state index >= 15 is 0 Å². The molecule has 1 atom stereocenters. The summed E-state index contributed by atoms with van der Waals surface area (Å²) < 4.78 is 0. The molecular formula is C24H26N2O3. The van der Waals surface area contributed by atoms with E-state index in [1.807, 2.05) is 66.7 Å². The number of hydrogen-bond donors (Lipinski definition) is 3. The van der Waals surface area contributed by atoms with Gasteiger partial charge < -0.3 is 15.7 Å². The van der Waals surface area contributed by atoms with Gasteiger partial charge in [0.1, 0.15) is 0 Å². The molecule has 3 rings (SSSR count). The minimum absolute atomic E-state index is 0.0843. The maximum Gasteiger partial charge on any atom is 0.251 e. The van der Waals surface area contributed by atoms with Gasteiger partial charge in [0, 0.05) is 25.1 Å². The molecule has 5 nitrogen and oxygen atoms in total. The number of benzene rings is 3. The zero-order valence-corrected chi connectivity index (χ0v) is 16.3. The molecule has 0 aromatic heterocycles. The fourth-order valence-corrected chi connectivity index (χ4v) is 3.29. The Morgan fingerprint density at radius 2 is 1.62 bits per heavy atom. The average molecular weight is 390 g/mol. The molecular weight excluding hydrogens is 364 g/mol. The largest absolute Gasteiger partial charge is 0.396 e. The lowest BCUT2D eigenvalue weighted by atomic mass is 10.0. The molecule has 0 heterocycles. The van der Waals surface area contributed by atoms with Crippen LogP contribution in [0.15, 0.2) is 72.8 Å². The number of rotatable bonds is 9. The fraction of sp³-hybridized carbons (Fsp3) is 0.250. The third kappa shape index (κ3) is 5.90. The molecule has 3 N–H and O–H groups in total. The van der Waals surface area contributed by atoms with Gasteiger partial charge in [-0.3, -0.25) is 9.59 Å². The summed E-state index contributed by atoms with van der Waals surface area (Å²) in [4.78, 5) is 24.7. The van der Waals surface area contributed by atoms with E-state index in [2.05, 4.69) is 10.6 Å². The molecule has 0 aliphatic heterocycles. The normalized spacial score (nSPS) is 11.8. The van der Waals surface area contributed by atoms with Gasteiger partial charge in [0.15, 0.2) is 0 Å². The number of fused-ring (bicyclic) bond motifs is 1. The van der Waals surface area contributed by atoms with Gasteiger partial charge >= 0.3 is 0 Å². The van der Waals surface area contributed by atoms with Gasteiger partial charge in [-0.2, -0.15) is 0 Å². The first-order valence-electron chi connectivity index (χ1n) is 9.89. The molecule has 1 unspecified atom stereocenters. The Morgan fingerprint density at radius 1 is 0.897 bits per heavy atom. The van der Waals surface area contributed by atoms with E-state index in [1.54, 1.807) is 6.07 Å². The summed E-state index contributed by atoms with van der Waals surface area (Å²) in [5, 5.41) is 17.0. The van der Waals surface area contributed by atoms with Crippen molar-refractivity contribution in [2.24, 2.45) is 0 Å². The summed E-state index contributed by atoms with van der Waals surface area (Å²) in [6, 6.07) is 23.0. The van der Waals surface area contributed by atoms with Gasteiger partial charge in [-0.05, 0) is 41.3 Å². The summed E-state index contributed by atoms with van der Waals surface area (Å²) in [6.07, 6.45) is 1.47. The predicted molar refractivity (Wildman–Crippen MR) is 115 cm³/mol. The van der Waals surface area contributed by atoms with Gasteiger partial charge in [-0.25, -0.2) is 0 Å². The van der Waals surface area contributed by atoms with Gasteiger partial charge in [0.25, 0.3) is 5.91 Å². The monoisotopic (exact) mass is 390 g/mol. The average Bonchev–Trinajstić information content (AvgIpc) is 2.76. The van der Waals surface area contributed by atoms with Gasteiger partial charge in [0.05, 0.1) is 6.04 Å². The van der Waals surface area contributed by atoms with Crippen LogP contribution in [0.3, 0.4) is 0 Å². The molecule has 0 saturated heterocycles. The van der Waals surface area contributed by atoms with Gasteiger partial charge in [0.2, 0.25) is 5.91 Å². The molecule has 3 aromatic rings. The lowest BCUT2D eigenvalue weighted by Gasteiger charge is -2.19. The first kappa shape index (κ1) is 20.6. The quantitative estimate of drug-likeness (QED) is 0.522. The Kier molecular flexibility index (Phi) is 7.36. The number of amides is 2. The van der Waals surface area contributed by atoms with Crippen LogP contribution in [0, 0.1) is 0 Å². The van der Waals surface area contributed by atoms with E-state index in [9.17, 15) is 9.59 Å². The molecule has 2 amide bonds. The number of aliphatic hydroxyl groups is 1. The minimum Gasteiger partial charge on any atom is -0.396 e. The van der Waals surface area contributed by atoms with E-state index in [-0.39, 0.29) is 37.4 Å². The molecule has 0 fully saturated rings. The Balaban J connectivity index is 1.51. The molecule has 3 aromatic carbocycles. The third-order valence-corrected chi connectivity index (χ3v) is 4.84. The van der Waals surface area contributed by atoms with E-state index in [1.165, 1.54) is 0 Å². The van der Waals surface area contributed by atoms with Crippen molar-refractivity contribution in [1.29, 1.82) is 0 Å². The molecule has 0 aliphatic rings. The van der Waals surface area contributed by atoms with Crippen LogP contribution in [-0.2, 0) is 4.79 Å². The summed E-state index contributed by atoms with van der Waals surface area (Å²) >= 11 is 0. The second-order valence-electron chi connectivity index (χ2n) is 6.96. The standard InChI is InChI=1S/C24H26N2O3/c27-16-6-11-22(19-8-2-1-3-9-19)26-23(28)14-15-25-24(29)21-13-12-18-7-4-5-10-20(18)17-21/h1-5,7-10,12-13,17,22,27H,6,11,14-16H2,(H,25,29)(H,26,28). The predicted octanol–water partition coefficient (Wildman–Crippen LogP) is 3.59. The first-order valence-corrected chi connectivity index (χ1v) is 9.89. The highest BCUT2D eigenvalue weighted by molar-refractivity contribution is 5.98. The van der Waals surface area contributed by atoms with Crippen LogP contribution < -0.4 is 10.6 Å². The Labute approximate surface area is 170 Å². The SMILES string of the molecule is O=C(CCNC(=O)c1ccc2ccccc2c1)NC(CCCO)c1ccccc1. The van der Waals surface area contributed by atoms with Crippen molar-refractivity contribution in [2.45, 2.75) is 25.3 Å². The van der Waals surface area contributed by atoms with Crippen molar-refractivity contribution in [3.8, 4) is 0 Å². The van der Waals surface area contributed by atoms with E-state index < -0.39 is 0 Å². The van der Waals surface area contributed by atoms with Crippen molar-refractivity contribution in [1.82, 2.24) is 10.6 Å². The van der Waals surface area contributed by atoms with Crippen LogP contribution in [0.25, 0.3) is 10.8 Å². The first-order chi connectivity index (χ1) is 14.2. The van der Waals surface area contributed by atoms with Crippen LogP contribution in [0.5, 0.6) is 0 Å². The second kappa shape index (κ2) is 10.4. The fourth-order valence-electron chi connectivity index (χ4n) is 3.29. The van der Waals surface area contributed by atoms with Crippen molar-refractivity contribution < 1.29 is 14.7 Å². The molecule has 5 heteroatoms. The topological polar surface area (TPSA) is 78.4 Å². The number of carbonyl (C=O) groups is 2. The Morgan fingerprint density at radius 3 is 2.38 bits per heavy atom. The summed E-state index contributed by atoms with van der Waals surface area (Å²) in [5.74, 6) is -0.320. The maximum atomic E-state index is 12.4. The lowest BCUT2D eigenvalue weighted by molar-refractivity contribution is -0.121. The Hall–Kier alpha value is -3.18. The molecule has 0 bridgehead atoms. The number of aliphatic hydroxyl groups excluding tert-OH is 1. The minimum atomic E-state index is -0.191. The van der Waals surface area contributed by atoms with Gasteiger partial charge in [-0.15, -0.1) is 0 Å². The highest BCUT2D eigenvalue weighted by Crippen LogP contribution is 2.18. The zero-order valence-electron chi connectivity index (χ0n) is 16.3. The van der Waals surface area contributed by atoms with Crippen molar-refractivity contribution in [3.05, 3.63) is 83.9 Å². The third-order valence-electron chi connectivity index (χ3n) is 4.84. The number of nitrogens with one attached hydrogen (secondary N) is 2. The number of carbonyl (C=O) groups excluding carboxylic acids is 2. The summed E-state index contributed by atoms with van der Waals surface area (Å²) in [5.41, 5.74) is 1.59. The highest BCUT2D eigenvalue weighted by Gasteiger charge is 2.14. The van der Waals surface area contributed by atoms with Crippen LogP contribution in [0.2, 0.25) is 0 Å². The van der Waals surface area contributed by atoms with Crippen molar-refractivity contribution in [3.63, 3.8) is 0 Å². The number of hydrogen-bond acceptors (Lipinski definition) is 3. The van der Waals surface area contributed by atoms with Crippen molar-refractivity contribution >= 4 is 22.6 Å². The second-order valence-corrected chi connectivity index (χ2v) is 6.96. The van der Waals surface area contributed by atoms with Crippen LogP contribution >= 0.6 is 0 Å². The molecule has 0 saturated carbocycles. The Bertz CT molecular complexity index is 957. The van der Waals surface area contributed by atoms with Crippen LogP contribution in [-0.4, -0.2) is 30.1 Å². The van der Waals surface area contributed by atoms with E-state index in [0.717, 1.165) is 16.3 Å².